The van der Waals surface area contributed by atoms with Crippen molar-refractivity contribution < 1.29 is 9.59 Å². The zero-order chi connectivity index (χ0) is 22.2. The second-order valence-corrected chi connectivity index (χ2v) is 9.09. The molecule has 0 saturated carbocycles. The molecule has 0 radical (unpaired) electrons. The van der Waals surface area contributed by atoms with E-state index in [2.05, 4.69) is 36.4 Å². The zero-order valence-electron chi connectivity index (χ0n) is 18.2. The van der Waals surface area contributed by atoms with Gasteiger partial charge >= 0.3 is 0 Å². The van der Waals surface area contributed by atoms with Gasteiger partial charge in [-0.15, -0.1) is 0 Å². The van der Waals surface area contributed by atoms with E-state index in [1.165, 1.54) is 0 Å². The summed E-state index contributed by atoms with van der Waals surface area (Å²) in [4.78, 5) is 29.6. The number of hydrogen-bond donors (Lipinski definition) is 2. The number of rotatable bonds is 8. The minimum absolute atomic E-state index is 0.0278. The van der Waals surface area contributed by atoms with Crippen molar-refractivity contribution in [3.63, 3.8) is 0 Å². The Morgan fingerprint density at radius 3 is 2.39 bits per heavy atom. The maximum atomic E-state index is 12.7. The van der Waals surface area contributed by atoms with Gasteiger partial charge < -0.3 is 20.4 Å². The van der Waals surface area contributed by atoms with Gasteiger partial charge in [-0.05, 0) is 76.3 Å². The van der Waals surface area contributed by atoms with Crippen LogP contribution in [0.25, 0.3) is 0 Å². The fraction of sp³-hybridized carbons (Fsp3) is 0.417. The molecule has 0 aliphatic carbocycles. The van der Waals surface area contributed by atoms with Crippen LogP contribution in [-0.2, 0) is 0 Å². The van der Waals surface area contributed by atoms with Gasteiger partial charge in [0.2, 0.25) is 0 Å². The van der Waals surface area contributed by atoms with Crippen LogP contribution < -0.4 is 15.5 Å². The lowest BCUT2D eigenvalue weighted by atomic mass is 10.0. The summed E-state index contributed by atoms with van der Waals surface area (Å²) in [6, 6.07) is 15.3. The van der Waals surface area contributed by atoms with Crippen molar-refractivity contribution in [2.24, 2.45) is 0 Å². The average Bonchev–Trinajstić information content (AvgIpc) is 2.77. The monoisotopic (exact) mass is 486 g/mol. The zero-order valence-corrected chi connectivity index (χ0v) is 19.8. The molecule has 0 unspecified atom stereocenters. The third-order valence-corrected chi connectivity index (χ3v) is 6.02. The molecule has 3 rings (SSSR count). The molecular formula is C24H31BrN4O2. The molecule has 1 fully saturated rings. The molecule has 2 amide bonds. The number of nitrogens with one attached hydrogen (secondary N) is 2. The molecule has 1 aliphatic rings. The highest BCUT2D eigenvalue weighted by Gasteiger charge is 2.24. The van der Waals surface area contributed by atoms with E-state index in [4.69, 9.17) is 0 Å². The van der Waals surface area contributed by atoms with Gasteiger partial charge in [-0.1, -0.05) is 28.1 Å². The van der Waals surface area contributed by atoms with Crippen LogP contribution in [0.15, 0.2) is 53.0 Å². The first kappa shape index (κ1) is 23.3. The molecule has 2 aromatic carbocycles. The predicted octanol–water partition coefficient (Wildman–Crippen LogP) is 3.53. The summed E-state index contributed by atoms with van der Waals surface area (Å²) in [6.07, 6.45) is 2.62. The molecule has 166 valence electrons. The van der Waals surface area contributed by atoms with Gasteiger partial charge in [0.05, 0.1) is 5.56 Å². The van der Waals surface area contributed by atoms with Crippen LogP contribution in [0.2, 0.25) is 0 Å². The second-order valence-electron chi connectivity index (χ2n) is 8.17. The van der Waals surface area contributed by atoms with Crippen LogP contribution in [0.3, 0.4) is 0 Å². The maximum Gasteiger partial charge on any atom is 0.253 e. The summed E-state index contributed by atoms with van der Waals surface area (Å²) < 4.78 is 0.956. The van der Waals surface area contributed by atoms with Crippen molar-refractivity contribution >= 4 is 33.4 Å². The van der Waals surface area contributed by atoms with E-state index in [9.17, 15) is 9.59 Å². The summed E-state index contributed by atoms with van der Waals surface area (Å²) in [5.74, 6) is -0.0662. The summed E-state index contributed by atoms with van der Waals surface area (Å²) in [6.45, 7) is 3.21. The first-order valence-electron chi connectivity index (χ1n) is 10.8. The van der Waals surface area contributed by atoms with Crippen LogP contribution in [0, 0.1) is 0 Å². The topological polar surface area (TPSA) is 64.7 Å². The summed E-state index contributed by atoms with van der Waals surface area (Å²) in [5, 5.41) is 6.18. The third kappa shape index (κ3) is 6.80. The van der Waals surface area contributed by atoms with E-state index >= 15 is 0 Å². The highest BCUT2D eigenvalue weighted by atomic mass is 79.9. The largest absolute Gasteiger partial charge is 0.371 e. The summed E-state index contributed by atoms with van der Waals surface area (Å²) in [7, 11) is 4.06. The van der Waals surface area contributed by atoms with Crippen molar-refractivity contribution in [1.82, 2.24) is 15.5 Å². The standard InChI is InChI=1S/C24H31BrN4O2/c1-28(2)15-5-14-26-24(31)21-6-3-4-7-22(21)29-16-12-20(13-17-29)27-23(30)18-8-10-19(25)11-9-18/h3-4,6-11,20H,5,12-17H2,1-2H3,(H,26,31)(H,27,30). The lowest BCUT2D eigenvalue weighted by Gasteiger charge is -2.35. The van der Waals surface area contributed by atoms with Gasteiger partial charge in [-0.2, -0.15) is 0 Å². The Morgan fingerprint density at radius 1 is 1.03 bits per heavy atom. The summed E-state index contributed by atoms with van der Waals surface area (Å²) in [5.41, 5.74) is 2.34. The molecule has 0 spiro atoms. The predicted molar refractivity (Wildman–Crippen MR) is 129 cm³/mol. The Balaban J connectivity index is 1.54. The fourth-order valence-electron chi connectivity index (χ4n) is 3.77. The molecular weight excluding hydrogens is 456 g/mol. The number of hydrogen-bond acceptors (Lipinski definition) is 4. The number of benzene rings is 2. The number of para-hydroxylation sites is 1. The Hall–Kier alpha value is -2.38. The van der Waals surface area contributed by atoms with E-state index in [0.29, 0.717) is 17.7 Å². The molecule has 2 N–H and O–H groups in total. The van der Waals surface area contributed by atoms with Crippen LogP contribution in [0.5, 0.6) is 0 Å². The lowest BCUT2D eigenvalue weighted by molar-refractivity contribution is 0.0929. The molecule has 7 heteroatoms. The molecule has 2 aromatic rings. The van der Waals surface area contributed by atoms with Crippen molar-refractivity contribution in [3.05, 3.63) is 64.1 Å². The third-order valence-electron chi connectivity index (χ3n) is 5.49. The van der Waals surface area contributed by atoms with E-state index in [1.807, 2.05) is 62.6 Å². The smallest absolute Gasteiger partial charge is 0.253 e. The molecule has 6 nitrogen and oxygen atoms in total. The molecule has 1 heterocycles. The highest BCUT2D eigenvalue weighted by Crippen LogP contribution is 2.24. The van der Waals surface area contributed by atoms with Crippen molar-refractivity contribution in [1.29, 1.82) is 0 Å². The number of carbonyl (C=O) groups is 2. The molecule has 1 saturated heterocycles. The van der Waals surface area contributed by atoms with Gasteiger partial charge in [0.25, 0.3) is 11.8 Å². The minimum Gasteiger partial charge on any atom is -0.371 e. The SMILES string of the molecule is CN(C)CCCNC(=O)c1ccccc1N1CCC(NC(=O)c2ccc(Br)cc2)CC1. The van der Waals surface area contributed by atoms with Gasteiger partial charge in [-0.25, -0.2) is 0 Å². The number of anilines is 1. The summed E-state index contributed by atoms with van der Waals surface area (Å²) >= 11 is 3.39. The molecule has 0 aromatic heterocycles. The number of carbonyl (C=O) groups excluding carboxylic acids is 2. The van der Waals surface area contributed by atoms with Crippen LogP contribution in [0.1, 0.15) is 40.0 Å². The van der Waals surface area contributed by atoms with Crippen molar-refractivity contribution in [2.75, 3.05) is 45.2 Å². The van der Waals surface area contributed by atoms with Gasteiger partial charge in [-0.3, -0.25) is 9.59 Å². The van der Waals surface area contributed by atoms with Crippen LogP contribution in [0.4, 0.5) is 5.69 Å². The quantitative estimate of drug-likeness (QED) is 0.560. The number of amides is 2. The number of halogens is 1. The van der Waals surface area contributed by atoms with E-state index in [1.54, 1.807) is 0 Å². The molecule has 0 atom stereocenters. The maximum absolute atomic E-state index is 12.7. The lowest BCUT2D eigenvalue weighted by Crippen LogP contribution is -2.45. The number of nitrogens with zero attached hydrogens (tertiary/aromatic N) is 2. The highest BCUT2D eigenvalue weighted by molar-refractivity contribution is 9.10. The first-order valence-corrected chi connectivity index (χ1v) is 11.6. The first-order chi connectivity index (χ1) is 14.9. The number of piperidine rings is 1. The van der Waals surface area contributed by atoms with Crippen LogP contribution in [-0.4, -0.2) is 63.0 Å². The normalized spacial score (nSPS) is 14.5. The molecule has 1 aliphatic heterocycles. The molecule has 31 heavy (non-hydrogen) atoms. The Bertz CT molecular complexity index is 877. The Labute approximate surface area is 193 Å². The Kier molecular flexibility index (Phi) is 8.49. The van der Waals surface area contributed by atoms with E-state index < -0.39 is 0 Å². The fourth-order valence-corrected chi connectivity index (χ4v) is 4.03. The van der Waals surface area contributed by atoms with Crippen molar-refractivity contribution in [2.45, 2.75) is 25.3 Å². The second kappa shape index (κ2) is 11.3. The van der Waals surface area contributed by atoms with E-state index in [0.717, 1.165) is 49.1 Å². The average molecular weight is 487 g/mol. The minimum atomic E-state index is -0.0385. The van der Waals surface area contributed by atoms with E-state index in [-0.39, 0.29) is 17.9 Å². The van der Waals surface area contributed by atoms with Crippen molar-refractivity contribution in [3.8, 4) is 0 Å². The van der Waals surface area contributed by atoms with Gasteiger partial charge in [0, 0.05) is 41.4 Å². The van der Waals surface area contributed by atoms with Gasteiger partial charge in [0.1, 0.15) is 0 Å². The van der Waals surface area contributed by atoms with Gasteiger partial charge in [0.15, 0.2) is 0 Å². The Morgan fingerprint density at radius 2 is 1.71 bits per heavy atom. The van der Waals surface area contributed by atoms with Crippen LogP contribution >= 0.6 is 15.9 Å². The molecule has 0 bridgehead atoms.